The molecule has 2 amide bonds. The quantitative estimate of drug-likeness (QED) is 0.741. The van der Waals surface area contributed by atoms with E-state index in [1.54, 1.807) is 47.4 Å². The van der Waals surface area contributed by atoms with Crippen molar-refractivity contribution in [3.63, 3.8) is 0 Å². The highest BCUT2D eigenvalue weighted by atomic mass is 32.2. The molecule has 1 aliphatic rings. The maximum Gasteiger partial charge on any atom is 0.255 e. The molecule has 1 N–H and O–H groups in total. The SMILES string of the molecule is Cc1cccc(N(C(C)C(=O)Nc2ccccc2C(=O)N2CCCCC2)S(C)(=O)=O)c1. The summed E-state index contributed by atoms with van der Waals surface area (Å²) in [6.07, 6.45) is 4.13. The zero-order chi connectivity index (χ0) is 22.6. The summed E-state index contributed by atoms with van der Waals surface area (Å²) in [7, 11) is -3.72. The number of hydrogen-bond donors (Lipinski definition) is 1. The van der Waals surface area contributed by atoms with Crippen molar-refractivity contribution in [1.29, 1.82) is 0 Å². The topological polar surface area (TPSA) is 86.8 Å². The number of anilines is 2. The molecule has 1 saturated heterocycles. The van der Waals surface area contributed by atoms with Gasteiger partial charge in [0.05, 0.1) is 23.2 Å². The van der Waals surface area contributed by atoms with Crippen molar-refractivity contribution in [2.75, 3.05) is 29.0 Å². The Morgan fingerprint density at radius 2 is 1.71 bits per heavy atom. The Morgan fingerprint density at radius 1 is 1.03 bits per heavy atom. The largest absolute Gasteiger partial charge is 0.339 e. The molecular formula is C23H29N3O4S. The molecule has 0 spiro atoms. The Hall–Kier alpha value is -2.87. The lowest BCUT2D eigenvalue weighted by atomic mass is 10.1. The van der Waals surface area contributed by atoms with Crippen LogP contribution in [0.5, 0.6) is 0 Å². The molecule has 31 heavy (non-hydrogen) atoms. The van der Waals surface area contributed by atoms with Crippen LogP contribution in [-0.4, -0.2) is 50.5 Å². The van der Waals surface area contributed by atoms with E-state index in [1.165, 1.54) is 6.92 Å². The van der Waals surface area contributed by atoms with E-state index in [0.717, 1.165) is 35.4 Å². The van der Waals surface area contributed by atoms with Crippen molar-refractivity contribution in [1.82, 2.24) is 4.90 Å². The Kier molecular flexibility index (Phi) is 7.00. The fourth-order valence-electron chi connectivity index (χ4n) is 3.86. The first kappa shape index (κ1) is 22.8. The monoisotopic (exact) mass is 443 g/mol. The zero-order valence-electron chi connectivity index (χ0n) is 18.2. The van der Waals surface area contributed by atoms with Crippen LogP contribution in [0.2, 0.25) is 0 Å². The van der Waals surface area contributed by atoms with E-state index in [9.17, 15) is 18.0 Å². The summed E-state index contributed by atoms with van der Waals surface area (Å²) in [5, 5.41) is 2.77. The molecule has 2 aromatic rings. The summed E-state index contributed by atoms with van der Waals surface area (Å²) < 4.78 is 26.1. The van der Waals surface area contributed by atoms with Crippen LogP contribution >= 0.6 is 0 Å². The lowest BCUT2D eigenvalue weighted by molar-refractivity contribution is -0.116. The van der Waals surface area contributed by atoms with Crippen LogP contribution in [0.25, 0.3) is 0 Å². The van der Waals surface area contributed by atoms with Gasteiger partial charge >= 0.3 is 0 Å². The summed E-state index contributed by atoms with van der Waals surface area (Å²) >= 11 is 0. The fourth-order valence-corrected chi connectivity index (χ4v) is 5.02. The van der Waals surface area contributed by atoms with Gasteiger partial charge in [0.25, 0.3) is 5.91 Å². The van der Waals surface area contributed by atoms with Crippen molar-refractivity contribution < 1.29 is 18.0 Å². The standard InChI is InChI=1S/C23H29N3O4S/c1-17-10-9-11-19(16-17)26(31(3,29)30)18(2)22(27)24-21-13-6-5-12-20(21)23(28)25-14-7-4-8-15-25/h5-6,9-13,16,18H,4,7-8,14-15H2,1-3H3,(H,24,27). The maximum absolute atomic E-state index is 13.1. The van der Waals surface area contributed by atoms with Crippen molar-refractivity contribution in [3.05, 3.63) is 59.7 Å². The first-order valence-corrected chi connectivity index (χ1v) is 12.3. The molecule has 1 atom stereocenters. The zero-order valence-corrected chi connectivity index (χ0v) is 19.0. The molecule has 2 aromatic carbocycles. The van der Waals surface area contributed by atoms with Gasteiger partial charge in [0.2, 0.25) is 15.9 Å². The summed E-state index contributed by atoms with van der Waals surface area (Å²) in [5.41, 5.74) is 2.10. The van der Waals surface area contributed by atoms with Gasteiger partial charge in [-0.2, -0.15) is 0 Å². The third kappa shape index (κ3) is 5.44. The van der Waals surface area contributed by atoms with Crippen LogP contribution in [0.4, 0.5) is 11.4 Å². The van der Waals surface area contributed by atoms with E-state index in [4.69, 9.17) is 0 Å². The number of piperidine rings is 1. The van der Waals surface area contributed by atoms with Crippen LogP contribution in [0.1, 0.15) is 42.1 Å². The van der Waals surface area contributed by atoms with E-state index in [2.05, 4.69) is 5.32 Å². The van der Waals surface area contributed by atoms with Gasteiger partial charge in [-0.15, -0.1) is 0 Å². The van der Waals surface area contributed by atoms with Crippen molar-refractivity contribution in [3.8, 4) is 0 Å². The average molecular weight is 444 g/mol. The van der Waals surface area contributed by atoms with Crippen LogP contribution in [0.15, 0.2) is 48.5 Å². The second kappa shape index (κ2) is 9.51. The molecule has 0 bridgehead atoms. The minimum absolute atomic E-state index is 0.123. The lowest BCUT2D eigenvalue weighted by Crippen LogP contribution is -2.45. The molecule has 1 aliphatic heterocycles. The molecule has 0 saturated carbocycles. The molecule has 1 unspecified atom stereocenters. The van der Waals surface area contributed by atoms with Gasteiger partial charge in [-0.3, -0.25) is 13.9 Å². The Balaban J connectivity index is 1.85. The molecule has 1 fully saturated rings. The molecule has 0 aliphatic carbocycles. The van der Waals surface area contributed by atoms with Gasteiger partial charge in [0, 0.05) is 13.1 Å². The normalized spacial score (nSPS) is 15.3. The van der Waals surface area contributed by atoms with E-state index in [1.807, 2.05) is 13.0 Å². The summed E-state index contributed by atoms with van der Waals surface area (Å²) in [4.78, 5) is 27.9. The fraction of sp³-hybridized carbons (Fsp3) is 0.391. The third-order valence-corrected chi connectivity index (χ3v) is 6.64. The van der Waals surface area contributed by atoms with E-state index in [0.29, 0.717) is 30.0 Å². The first-order valence-electron chi connectivity index (χ1n) is 10.4. The minimum atomic E-state index is -3.72. The number of nitrogens with one attached hydrogen (secondary N) is 1. The highest BCUT2D eigenvalue weighted by Crippen LogP contribution is 2.24. The minimum Gasteiger partial charge on any atom is -0.339 e. The van der Waals surface area contributed by atoms with E-state index in [-0.39, 0.29) is 5.91 Å². The van der Waals surface area contributed by atoms with Gasteiger partial charge in [-0.25, -0.2) is 8.42 Å². The Labute approximate surface area is 184 Å². The Bertz CT molecular complexity index is 1060. The van der Waals surface area contributed by atoms with Gasteiger partial charge in [0.15, 0.2) is 0 Å². The van der Waals surface area contributed by atoms with E-state index < -0.39 is 22.0 Å². The average Bonchev–Trinajstić information content (AvgIpc) is 2.73. The Morgan fingerprint density at radius 3 is 2.35 bits per heavy atom. The van der Waals surface area contributed by atoms with Crippen molar-refractivity contribution in [2.45, 2.75) is 39.2 Å². The molecule has 166 valence electrons. The molecule has 0 radical (unpaired) electrons. The van der Waals surface area contributed by atoms with Gasteiger partial charge in [0.1, 0.15) is 6.04 Å². The van der Waals surface area contributed by atoms with Gasteiger partial charge in [-0.1, -0.05) is 24.3 Å². The smallest absolute Gasteiger partial charge is 0.255 e. The predicted octanol–water partition coefficient (Wildman–Crippen LogP) is 3.41. The van der Waals surface area contributed by atoms with E-state index >= 15 is 0 Å². The molecule has 1 heterocycles. The lowest BCUT2D eigenvalue weighted by Gasteiger charge is -2.29. The number of para-hydroxylation sites is 1. The second-order valence-electron chi connectivity index (χ2n) is 7.96. The molecular weight excluding hydrogens is 414 g/mol. The molecule has 3 rings (SSSR count). The van der Waals surface area contributed by atoms with Crippen LogP contribution in [0, 0.1) is 6.92 Å². The molecule has 8 heteroatoms. The molecule has 0 aromatic heterocycles. The first-order chi connectivity index (χ1) is 14.7. The number of rotatable bonds is 6. The number of sulfonamides is 1. The number of benzene rings is 2. The summed E-state index contributed by atoms with van der Waals surface area (Å²) in [6.45, 7) is 4.80. The number of likely N-dealkylation sites (tertiary alicyclic amines) is 1. The van der Waals surface area contributed by atoms with Crippen molar-refractivity contribution >= 4 is 33.2 Å². The van der Waals surface area contributed by atoms with Crippen LogP contribution in [0.3, 0.4) is 0 Å². The summed E-state index contributed by atoms with van der Waals surface area (Å²) in [5.74, 6) is -0.632. The van der Waals surface area contributed by atoms with Gasteiger partial charge in [-0.05, 0) is 62.9 Å². The second-order valence-corrected chi connectivity index (χ2v) is 9.82. The number of carbonyl (C=O) groups excluding carboxylic acids is 2. The number of nitrogens with zero attached hydrogens (tertiary/aromatic N) is 2. The van der Waals surface area contributed by atoms with Crippen LogP contribution in [-0.2, 0) is 14.8 Å². The predicted molar refractivity (Wildman–Crippen MR) is 123 cm³/mol. The summed E-state index contributed by atoms with van der Waals surface area (Å²) in [6, 6.07) is 12.8. The maximum atomic E-state index is 13.1. The van der Waals surface area contributed by atoms with Crippen molar-refractivity contribution in [2.24, 2.45) is 0 Å². The number of aryl methyl sites for hydroxylation is 1. The highest BCUT2D eigenvalue weighted by Gasteiger charge is 2.30. The highest BCUT2D eigenvalue weighted by molar-refractivity contribution is 7.92. The number of carbonyl (C=O) groups is 2. The molecule has 7 nitrogen and oxygen atoms in total. The number of amides is 2. The number of hydrogen-bond acceptors (Lipinski definition) is 4. The van der Waals surface area contributed by atoms with Crippen LogP contribution < -0.4 is 9.62 Å². The third-order valence-electron chi connectivity index (χ3n) is 5.40. The van der Waals surface area contributed by atoms with Gasteiger partial charge < -0.3 is 10.2 Å².